The Labute approximate surface area is 233 Å². The molecule has 4 nitrogen and oxygen atoms in total. The van der Waals surface area contributed by atoms with E-state index in [2.05, 4.69) is 15.5 Å². The fraction of sp³-hybridized carbons (Fsp3) is 0.400. The van der Waals surface area contributed by atoms with Crippen molar-refractivity contribution in [2.75, 3.05) is 61.7 Å². The molecule has 0 saturated carbocycles. The van der Waals surface area contributed by atoms with E-state index in [0.29, 0.717) is 22.5 Å². The highest BCUT2D eigenvalue weighted by molar-refractivity contribution is 6.33. The molecule has 13 heteroatoms. The van der Waals surface area contributed by atoms with Crippen LogP contribution in [0.3, 0.4) is 0 Å². The number of nitrogens with zero attached hydrogens (tertiary/aromatic N) is 1. The summed E-state index contributed by atoms with van der Waals surface area (Å²) in [6.45, 7) is 5.46. The molecule has 0 aliphatic carbocycles. The van der Waals surface area contributed by atoms with Crippen LogP contribution in [-0.4, -0.2) is 51.0 Å². The smallest absolute Gasteiger partial charge is 0.124 e. The maximum absolute atomic E-state index is 12.8. The molecular weight excluding hydrogens is 582 g/mol. The zero-order valence-corrected chi connectivity index (χ0v) is 23.1. The molecule has 0 spiro atoms. The van der Waals surface area contributed by atoms with Crippen LogP contribution in [0.5, 0.6) is 0 Å². The van der Waals surface area contributed by atoms with Gasteiger partial charge in [-0.25, -0.2) is 8.78 Å². The van der Waals surface area contributed by atoms with E-state index in [4.69, 9.17) is 52.1 Å². The number of anilines is 2. The molecule has 0 radical (unpaired) electrons. The summed E-state index contributed by atoms with van der Waals surface area (Å²) in [6, 6.07) is 8.42. The minimum Gasteiger partial charge on any atom is -0.398 e. The van der Waals surface area contributed by atoms with Gasteiger partial charge in [0.2, 0.25) is 0 Å². The summed E-state index contributed by atoms with van der Waals surface area (Å²) >= 11 is 22.1. The van der Waals surface area contributed by atoms with Gasteiger partial charge < -0.3 is 21.3 Å². The van der Waals surface area contributed by atoms with Gasteiger partial charge >= 0.3 is 0 Å². The van der Waals surface area contributed by atoms with Gasteiger partial charge in [-0.15, -0.1) is 60.4 Å². The molecule has 192 valence electrons. The lowest BCUT2D eigenvalue weighted by Gasteiger charge is -2.30. The number of rotatable bonds is 5. The molecule has 1 heterocycles. The zero-order valence-electron chi connectivity index (χ0n) is 17.6. The number of halogens is 9. The number of alkyl halides is 2. The Bertz CT molecular complexity index is 750. The molecule has 0 bridgehead atoms. The SMILES string of the molecule is Cl.Cl.Cl.ClCCNCCCl.Fc1ccc(N2CCNCC2)c(Cl)c1.Nc1ccc(F)cc1Cl. The van der Waals surface area contributed by atoms with Crippen LogP contribution in [0.2, 0.25) is 10.0 Å². The van der Waals surface area contributed by atoms with Crippen molar-refractivity contribution in [3.63, 3.8) is 0 Å². The van der Waals surface area contributed by atoms with Crippen LogP contribution >= 0.6 is 83.6 Å². The molecule has 1 saturated heterocycles. The second kappa shape index (κ2) is 22.3. The molecule has 0 atom stereocenters. The number of nitrogen functional groups attached to an aromatic ring is 1. The van der Waals surface area contributed by atoms with E-state index in [0.717, 1.165) is 45.0 Å². The Morgan fingerprint density at radius 2 is 1.33 bits per heavy atom. The van der Waals surface area contributed by atoms with Gasteiger partial charge in [-0.05, 0) is 36.4 Å². The van der Waals surface area contributed by atoms with Crippen molar-refractivity contribution in [2.45, 2.75) is 0 Å². The van der Waals surface area contributed by atoms with Crippen LogP contribution < -0.4 is 21.3 Å². The number of hydrogen-bond acceptors (Lipinski definition) is 4. The van der Waals surface area contributed by atoms with Gasteiger partial charge in [0.1, 0.15) is 11.6 Å². The molecule has 4 N–H and O–H groups in total. The Balaban J connectivity index is -0.000000419. The average molecular weight is 612 g/mol. The Morgan fingerprint density at radius 3 is 1.76 bits per heavy atom. The summed E-state index contributed by atoms with van der Waals surface area (Å²) in [5.74, 6) is 0.677. The summed E-state index contributed by atoms with van der Waals surface area (Å²) < 4.78 is 25.0. The van der Waals surface area contributed by atoms with Crippen LogP contribution in [0.15, 0.2) is 36.4 Å². The van der Waals surface area contributed by atoms with Crippen LogP contribution in [0, 0.1) is 11.6 Å². The molecular formula is C20H29Cl7F2N4. The lowest BCUT2D eigenvalue weighted by molar-refractivity contribution is 0.587. The third-order valence-corrected chi connectivity index (χ3v) is 4.88. The highest BCUT2D eigenvalue weighted by Crippen LogP contribution is 2.26. The van der Waals surface area contributed by atoms with Crippen molar-refractivity contribution >= 4 is 95.0 Å². The topological polar surface area (TPSA) is 53.3 Å². The van der Waals surface area contributed by atoms with Gasteiger partial charge in [0.25, 0.3) is 0 Å². The molecule has 0 unspecified atom stereocenters. The van der Waals surface area contributed by atoms with Crippen molar-refractivity contribution in [1.82, 2.24) is 10.6 Å². The highest BCUT2D eigenvalue weighted by Gasteiger charge is 2.13. The molecule has 0 aromatic heterocycles. The predicted molar refractivity (Wildman–Crippen MR) is 148 cm³/mol. The van der Waals surface area contributed by atoms with E-state index in [1.165, 1.54) is 30.3 Å². The van der Waals surface area contributed by atoms with Crippen molar-refractivity contribution in [2.24, 2.45) is 0 Å². The van der Waals surface area contributed by atoms with Gasteiger partial charge in [0.15, 0.2) is 0 Å². The van der Waals surface area contributed by atoms with Crippen molar-refractivity contribution < 1.29 is 8.78 Å². The monoisotopic (exact) mass is 608 g/mol. The molecule has 33 heavy (non-hydrogen) atoms. The predicted octanol–water partition coefficient (Wildman–Crippen LogP) is 6.27. The van der Waals surface area contributed by atoms with Gasteiger partial charge in [-0.3, -0.25) is 0 Å². The summed E-state index contributed by atoms with van der Waals surface area (Å²) in [5, 5.41) is 7.03. The van der Waals surface area contributed by atoms with E-state index >= 15 is 0 Å². The Morgan fingerprint density at radius 1 is 0.848 bits per heavy atom. The lowest BCUT2D eigenvalue weighted by atomic mass is 10.2. The van der Waals surface area contributed by atoms with Crippen LogP contribution in [0.25, 0.3) is 0 Å². The lowest BCUT2D eigenvalue weighted by Crippen LogP contribution is -2.43. The van der Waals surface area contributed by atoms with Gasteiger partial charge in [0.05, 0.1) is 21.4 Å². The quantitative estimate of drug-likeness (QED) is 0.212. The largest absolute Gasteiger partial charge is 0.398 e. The molecule has 1 aliphatic heterocycles. The third-order valence-electron chi connectivity index (χ3n) is 3.87. The fourth-order valence-corrected chi connectivity index (χ4v) is 3.12. The average Bonchev–Trinajstić information content (AvgIpc) is 2.73. The Kier molecular flexibility index (Phi) is 25.3. The van der Waals surface area contributed by atoms with Gasteiger partial charge in [-0.2, -0.15) is 0 Å². The minimum absolute atomic E-state index is 0. The summed E-state index contributed by atoms with van der Waals surface area (Å²) in [5.41, 5.74) is 6.62. The van der Waals surface area contributed by atoms with E-state index in [-0.39, 0.29) is 53.9 Å². The first kappa shape index (κ1) is 37.4. The normalized spacial score (nSPS) is 11.9. The first-order chi connectivity index (χ1) is 14.4. The minimum atomic E-state index is -0.366. The molecule has 1 fully saturated rings. The number of nitrogens with two attached hydrogens (primary N) is 1. The second-order valence-electron chi connectivity index (χ2n) is 6.13. The molecule has 1 aliphatic rings. The van der Waals surface area contributed by atoms with E-state index < -0.39 is 0 Å². The molecule has 3 rings (SSSR count). The Hall–Kier alpha value is -0.150. The summed E-state index contributed by atoms with van der Waals surface area (Å²) in [6.07, 6.45) is 0. The number of nitrogens with one attached hydrogen (secondary N) is 2. The summed E-state index contributed by atoms with van der Waals surface area (Å²) in [4.78, 5) is 2.16. The molecule has 2 aromatic rings. The maximum atomic E-state index is 12.8. The standard InChI is InChI=1S/C10H12ClFN2.C6H5ClFN.C4H9Cl2N.3ClH/c11-9-7-8(12)1-2-10(9)14-5-3-13-4-6-14;7-5-3-4(8)1-2-6(5)9;5-1-3-7-4-2-6;;;/h1-2,7,13H,3-6H2;1-3H,9H2;7H,1-4H2;3*1H. The highest BCUT2D eigenvalue weighted by atomic mass is 35.5. The number of hydrogen-bond donors (Lipinski definition) is 3. The van der Waals surface area contributed by atoms with Crippen LogP contribution in [-0.2, 0) is 0 Å². The first-order valence-corrected chi connectivity index (χ1v) is 11.2. The number of benzene rings is 2. The zero-order chi connectivity index (χ0) is 22.4. The first-order valence-electron chi connectivity index (χ1n) is 9.33. The van der Waals surface area contributed by atoms with Gasteiger partial charge in [0, 0.05) is 51.0 Å². The van der Waals surface area contributed by atoms with Crippen molar-refractivity contribution in [3.05, 3.63) is 58.1 Å². The van der Waals surface area contributed by atoms with E-state index in [1.54, 1.807) is 6.07 Å². The van der Waals surface area contributed by atoms with Crippen molar-refractivity contribution in [1.29, 1.82) is 0 Å². The number of piperazine rings is 1. The van der Waals surface area contributed by atoms with Crippen LogP contribution in [0.1, 0.15) is 0 Å². The third kappa shape index (κ3) is 16.2. The maximum Gasteiger partial charge on any atom is 0.124 e. The van der Waals surface area contributed by atoms with E-state index in [9.17, 15) is 8.78 Å². The molecule has 0 amide bonds. The van der Waals surface area contributed by atoms with Crippen LogP contribution in [0.4, 0.5) is 20.2 Å². The van der Waals surface area contributed by atoms with Crippen molar-refractivity contribution in [3.8, 4) is 0 Å². The molecule has 2 aromatic carbocycles. The fourth-order valence-electron chi connectivity index (χ4n) is 2.40. The van der Waals surface area contributed by atoms with E-state index in [1.807, 2.05) is 0 Å². The second-order valence-corrected chi connectivity index (χ2v) is 7.70. The summed E-state index contributed by atoms with van der Waals surface area (Å²) in [7, 11) is 0. The van der Waals surface area contributed by atoms with Gasteiger partial charge in [-0.1, -0.05) is 23.2 Å².